The van der Waals surface area contributed by atoms with Crippen LogP contribution in [0, 0.1) is 0 Å². The Balaban J connectivity index is 1.10. The van der Waals surface area contributed by atoms with E-state index in [1.54, 1.807) is 0 Å². The quantitative estimate of drug-likeness (QED) is 0.177. The van der Waals surface area contributed by atoms with Crippen LogP contribution in [0.2, 0.25) is 0 Å². The fourth-order valence-electron chi connectivity index (χ4n) is 8.18. The van der Waals surface area contributed by atoms with Crippen LogP contribution in [0.4, 0.5) is 17.1 Å². The van der Waals surface area contributed by atoms with Gasteiger partial charge in [-0.2, -0.15) is 0 Å². The lowest BCUT2D eigenvalue weighted by Crippen LogP contribution is -2.10. The van der Waals surface area contributed by atoms with Crippen LogP contribution in [-0.4, -0.2) is 4.57 Å². The highest BCUT2D eigenvalue weighted by Crippen LogP contribution is 2.41. The van der Waals surface area contributed by atoms with Crippen molar-refractivity contribution in [3.8, 4) is 5.69 Å². The zero-order valence-electron chi connectivity index (χ0n) is 27.6. The minimum Gasteiger partial charge on any atom is -0.455 e. The highest BCUT2D eigenvalue weighted by atomic mass is 16.3. The molecule has 2 heterocycles. The molecule has 0 saturated carbocycles. The second-order valence-electron chi connectivity index (χ2n) is 13.4. The molecule has 238 valence electrons. The number of fused-ring (bicyclic) bond motifs is 11. The molecule has 51 heavy (non-hydrogen) atoms. The van der Waals surface area contributed by atoms with E-state index in [0.29, 0.717) is 0 Å². The van der Waals surface area contributed by atoms with Gasteiger partial charge in [-0.1, -0.05) is 103 Å². The van der Waals surface area contributed by atoms with Crippen molar-refractivity contribution in [2.45, 2.75) is 0 Å². The first-order valence-corrected chi connectivity index (χ1v) is 17.4. The van der Waals surface area contributed by atoms with Gasteiger partial charge >= 0.3 is 0 Å². The smallest absolute Gasteiger partial charge is 0.143 e. The third-order valence-corrected chi connectivity index (χ3v) is 10.5. The molecule has 0 saturated heterocycles. The van der Waals surface area contributed by atoms with Crippen molar-refractivity contribution in [3.05, 3.63) is 182 Å². The van der Waals surface area contributed by atoms with E-state index in [1.165, 1.54) is 43.4 Å². The molecular weight excluding hydrogens is 621 g/mol. The number of aromatic nitrogens is 1. The molecule has 0 amide bonds. The fraction of sp³-hybridized carbons (Fsp3) is 0. The number of para-hydroxylation sites is 3. The molecule has 0 spiro atoms. The summed E-state index contributed by atoms with van der Waals surface area (Å²) >= 11 is 0. The first-order valence-electron chi connectivity index (χ1n) is 17.4. The van der Waals surface area contributed by atoms with E-state index in [2.05, 4.69) is 179 Å². The molecule has 3 nitrogen and oxygen atoms in total. The summed E-state index contributed by atoms with van der Waals surface area (Å²) in [5.41, 5.74) is 8.66. The molecule has 9 aromatic carbocycles. The van der Waals surface area contributed by atoms with Crippen LogP contribution in [0.15, 0.2) is 186 Å². The summed E-state index contributed by atoms with van der Waals surface area (Å²) in [5.74, 6) is 0. The van der Waals surface area contributed by atoms with Crippen LogP contribution in [-0.2, 0) is 0 Å². The van der Waals surface area contributed by atoms with Gasteiger partial charge in [0.25, 0.3) is 0 Å². The van der Waals surface area contributed by atoms with Gasteiger partial charge in [0.2, 0.25) is 0 Å². The molecule has 11 rings (SSSR count). The number of benzene rings is 9. The van der Waals surface area contributed by atoms with Crippen molar-refractivity contribution in [1.82, 2.24) is 4.57 Å². The number of hydrogen-bond donors (Lipinski definition) is 0. The predicted molar refractivity (Wildman–Crippen MR) is 215 cm³/mol. The third-order valence-electron chi connectivity index (χ3n) is 10.5. The first-order chi connectivity index (χ1) is 25.3. The van der Waals surface area contributed by atoms with Crippen molar-refractivity contribution in [2.75, 3.05) is 4.90 Å². The lowest BCUT2D eigenvalue weighted by Gasteiger charge is -2.26. The summed E-state index contributed by atoms with van der Waals surface area (Å²) in [7, 11) is 0. The standard InChI is InChI=1S/C48H30N2O/c1-2-10-38-31(9-1)17-18-32-29-36(24-27-39(32)38)49(37-25-28-40-33(30-37)19-26-44-43-13-5-8-16-47(43)51-48(40)44)34-20-22-35(23-21-34)50-45-14-6-3-11-41(45)42-12-4-7-15-46(42)50/h1-30H. The van der Waals surface area contributed by atoms with Gasteiger partial charge in [-0.05, 0) is 106 Å². The normalized spacial score (nSPS) is 11.9. The summed E-state index contributed by atoms with van der Waals surface area (Å²) in [6, 6.07) is 65.6. The van der Waals surface area contributed by atoms with Gasteiger partial charge in [0.05, 0.1) is 11.0 Å². The van der Waals surface area contributed by atoms with E-state index in [9.17, 15) is 0 Å². The zero-order valence-corrected chi connectivity index (χ0v) is 27.6. The average molecular weight is 651 g/mol. The summed E-state index contributed by atoms with van der Waals surface area (Å²) in [6.07, 6.45) is 0. The maximum absolute atomic E-state index is 6.41. The summed E-state index contributed by atoms with van der Waals surface area (Å²) in [6.45, 7) is 0. The van der Waals surface area contributed by atoms with Crippen molar-refractivity contribution in [3.63, 3.8) is 0 Å². The Morgan fingerprint density at radius 3 is 1.61 bits per heavy atom. The van der Waals surface area contributed by atoms with Gasteiger partial charge in [-0.25, -0.2) is 0 Å². The lowest BCUT2D eigenvalue weighted by molar-refractivity contribution is 0.672. The largest absolute Gasteiger partial charge is 0.455 e. The summed E-state index contributed by atoms with van der Waals surface area (Å²) in [5, 5.41) is 12.0. The molecule has 0 bridgehead atoms. The molecule has 0 aliphatic carbocycles. The fourth-order valence-corrected chi connectivity index (χ4v) is 8.18. The Hall–Kier alpha value is -6.84. The monoisotopic (exact) mass is 650 g/mol. The Morgan fingerprint density at radius 2 is 0.863 bits per heavy atom. The second kappa shape index (κ2) is 10.8. The van der Waals surface area contributed by atoms with Crippen LogP contribution in [0.5, 0.6) is 0 Å². The minimum atomic E-state index is 0.915. The van der Waals surface area contributed by atoms with Crippen LogP contribution >= 0.6 is 0 Å². The Morgan fingerprint density at radius 1 is 0.353 bits per heavy atom. The van der Waals surface area contributed by atoms with Crippen LogP contribution in [0.3, 0.4) is 0 Å². The number of nitrogens with zero attached hydrogens (tertiary/aromatic N) is 2. The Kier molecular flexibility index (Phi) is 5.96. The lowest BCUT2D eigenvalue weighted by atomic mass is 10.0. The van der Waals surface area contributed by atoms with Crippen LogP contribution in [0.1, 0.15) is 0 Å². The Labute approximate surface area is 293 Å². The zero-order chi connectivity index (χ0) is 33.5. The van der Waals surface area contributed by atoms with E-state index in [0.717, 1.165) is 55.5 Å². The number of hydrogen-bond acceptors (Lipinski definition) is 2. The molecule has 0 fully saturated rings. The average Bonchev–Trinajstić information content (AvgIpc) is 3.74. The van der Waals surface area contributed by atoms with Gasteiger partial charge < -0.3 is 13.9 Å². The predicted octanol–water partition coefficient (Wildman–Crippen LogP) is 13.6. The van der Waals surface area contributed by atoms with Gasteiger partial charge in [0.1, 0.15) is 11.2 Å². The van der Waals surface area contributed by atoms with Crippen molar-refractivity contribution in [2.24, 2.45) is 0 Å². The molecule has 2 aromatic heterocycles. The maximum Gasteiger partial charge on any atom is 0.143 e. The van der Waals surface area contributed by atoms with Crippen molar-refractivity contribution in [1.29, 1.82) is 0 Å². The molecule has 0 N–H and O–H groups in total. The summed E-state index contributed by atoms with van der Waals surface area (Å²) < 4.78 is 8.78. The van der Waals surface area contributed by atoms with E-state index in [-0.39, 0.29) is 0 Å². The van der Waals surface area contributed by atoms with Crippen LogP contribution in [0.25, 0.3) is 81.7 Å². The van der Waals surface area contributed by atoms with Crippen molar-refractivity contribution >= 4 is 93.1 Å². The first kappa shape index (κ1) is 28.0. The number of furan rings is 1. The van der Waals surface area contributed by atoms with E-state index in [1.807, 2.05) is 12.1 Å². The van der Waals surface area contributed by atoms with Gasteiger partial charge in [0.15, 0.2) is 0 Å². The molecule has 0 unspecified atom stereocenters. The van der Waals surface area contributed by atoms with Gasteiger partial charge in [-0.15, -0.1) is 0 Å². The Bertz CT molecular complexity index is 3090. The van der Waals surface area contributed by atoms with E-state index < -0.39 is 0 Å². The summed E-state index contributed by atoms with van der Waals surface area (Å²) in [4.78, 5) is 2.37. The molecule has 0 aliphatic rings. The van der Waals surface area contributed by atoms with Gasteiger partial charge in [-0.3, -0.25) is 0 Å². The third kappa shape index (κ3) is 4.25. The topological polar surface area (TPSA) is 21.3 Å². The molecule has 0 aliphatic heterocycles. The SMILES string of the molecule is c1ccc2c(c1)ccc1cc(N(c3ccc(-n4c5ccccc5c5ccccc54)cc3)c3ccc4c(ccc5c6ccccc6oc45)c3)ccc12. The second-order valence-corrected chi connectivity index (χ2v) is 13.4. The van der Waals surface area contributed by atoms with E-state index >= 15 is 0 Å². The van der Waals surface area contributed by atoms with Crippen molar-refractivity contribution < 1.29 is 4.42 Å². The molecular formula is C48H30N2O. The van der Waals surface area contributed by atoms with Crippen LogP contribution < -0.4 is 4.90 Å². The molecule has 3 heteroatoms. The molecule has 11 aromatic rings. The van der Waals surface area contributed by atoms with Gasteiger partial charge in [0, 0.05) is 49.7 Å². The van der Waals surface area contributed by atoms with E-state index in [4.69, 9.17) is 4.42 Å². The number of rotatable bonds is 4. The highest BCUT2D eigenvalue weighted by Gasteiger charge is 2.18. The minimum absolute atomic E-state index is 0.915. The maximum atomic E-state index is 6.41. The molecule has 0 atom stereocenters. The number of anilines is 3. The highest BCUT2D eigenvalue weighted by molar-refractivity contribution is 6.16. The molecule has 0 radical (unpaired) electrons.